The summed E-state index contributed by atoms with van der Waals surface area (Å²) in [4.78, 5) is 4.17. The van der Waals surface area contributed by atoms with Crippen molar-refractivity contribution in [2.24, 2.45) is 4.99 Å². The van der Waals surface area contributed by atoms with Crippen LogP contribution in [-0.4, -0.2) is 33.8 Å². The number of nitrogens with zero attached hydrogens (tertiary/aromatic N) is 1. The highest BCUT2D eigenvalue weighted by Crippen LogP contribution is 2.29. The Morgan fingerprint density at radius 3 is 2.28 bits per heavy atom. The zero-order valence-corrected chi connectivity index (χ0v) is 19.1. The molecule has 0 saturated heterocycles. The van der Waals surface area contributed by atoms with Crippen molar-refractivity contribution in [3.63, 3.8) is 0 Å². The summed E-state index contributed by atoms with van der Waals surface area (Å²) in [6.45, 7) is -0.0306. The molecule has 9 heteroatoms. The van der Waals surface area contributed by atoms with Gasteiger partial charge in [-0.05, 0) is 36.2 Å². The first kappa shape index (κ1) is 24.7. The lowest BCUT2D eigenvalue weighted by Gasteiger charge is -2.15. The average molecular weight is 521 g/mol. The Labute approximate surface area is 186 Å². The molecule has 0 bridgehead atoms. The summed E-state index contributed by atoms with van der Waals surface area (Å²) in [7, 11) is 4.69. The van der Waals surface area contributed by atoms with Crippen LogP contribution in [0.2, 0.25) is 0 Å². The van der Waals surface area contributed by atoms with E-state index in [1.54, 1.807) is 26.3 Å². The van der Waals surface area contributed by atoms with Crippen molar-refractivity contribution < 1.29 is 23.0 Å². The van der Waals surface area contributed by atoms with Crippen LogP contribution in [0.3, 0.4) is 0 Å². The van der Waals surface area contributed by atoms with Gasteiger partial charge in [0.05, 0.1) is 14.2 Å². The lowest BCUT2D eigenvalue weighted by Crippen LogP contribution is -2.36. The normalized spacial score (nSPS) is 10.9. The monoisotopic (exact) mass is 521 g/mol. The molecule has 6 nitrogen and oxygen atoms in total. The number of methoxy groups -OCH3 is 2. The van der Waals surface area contributed by atoms with E-state index in [2.05, 4.69) is 20.4 Å². The van der Waals surface area contributed by atoms with Gasteiger partial charge >= 0.3 is 6.61 Å². The van der Waals surface area contributed by atoms with Crippen LogP contribution in [-0.2, 0) is 13.1 Å². The molecule has 0 atom stereocenters. The maximum atomic E-state index is 12.6. The minimum Gasteiger partial charge on any atom is -0.496 e. The SMILES string of the molecule is CN=C(NCc1ccc(OC)c(OC(F)F)c1)NCc1ccc(C)cc1OC.I. The van der Waals surface area contributed by atoms with Crippen molar-refractivity contribution in [1.29, 1.82) is 0 Å². The van der Waals surface area contributed by atoms with Crippen LogP contribution in [0.25, 0.3) is 0 Å². The Morgan fingerprint density at radius 2 is 1.66 bits per heavy atom. The van der Waals surface area contributed by atoms with Gasteiger partial charge in [-0.2, -0.15) is 8.78 Å². The number of rotatable bonds is 8. The highest BCUT2D eigenvalue weighted by Gasteiger charge is 2.12. The van der Waals surface area contributed by atoms with Gasteiger partial charge in [0.15, 0.2) is 17.5 Å². The zero-order valence-electron chi connectivity index (χ0n) is 16.8. The van der Waals surface area contributed by atoms with E-state index in [9.17, 15) is 8.78 Å². The summed E-state index contributed by atoms with van der Waals surface area (Å²) in [6.07, 6.45) is 0. The van der Waals surface area contributed by atoms with Crippen LogP contribution in [0.5, 0.6) is 17.2 Å². The van der Waals surface area contributed by atoms with Crippen molar-refractivity contribution in [1.82, 2.24) is 10.6 Å². The van der Waals surface area contributed by atoms with E-state index in [4.69, 9.17) is 9.47 Å². The van der Waals surface area contributed by atoms with Crippen molar-refractivity contribution in [2.75, 3.05) is 21.3 Å². The van der Waals surface area contributed by atoms with E-state index in [1.165, 1.54) is 13.2 Å². The second kappa shape index (κ2) is 12.3. The number of halogens is 3. The standard InChI is InChI=1S/C20H25F2N3O3.HI/c1-13-5-7-15(17(9-13)27-4)12-25-20(23-2)24-11-14-6-8-16(26-3)18(10-14)28-19(21)22;/h5-10,19H,11-12H2,1-4H3,(H2,23,24,25);1H. The van der Waals surface area contributed by atoms with Crippen LogP contribution in [0.4, 0.5) is 8.78 Å². The summed E-state index contributed by atoms with van der Waals surface area (Å²) in [6, 6.07) is 10.8. The van der Waals surface area contributed by atoms with Gasteiger partial charge in [-0.25, -0.2) is 0 Å². The number of hydrogen-bond acceptors (Lipinski definition) is 4. The minimum absolute atomic E-state index is 0. The Hall–Kier alpha value is -2.30. The minimum atomic E-state index is -2.92. The molecule has 0 spiro atoms. The number of alkyl halides is 2. The largest absolute Gasteiger partial charge is 0.496 e. The molecule has 0 aromatic heterocycles. The number of guanidine groups is 1. The van der Waals surface area contributed by atoms with E-state index < -0.39 is 6.61 Å². The van der Waals surface area contributed by atoms with E-state index in [0.717, 1.165) is 22.4 Å². The molecular formula is C20H26F2IN3O3. The predicted molar refractivity (Wildman–Crippen MR) is 120 cm³/mol. The summed E-state index contributed by atoms with van der Waals surface area (Å²) in [5.74, 6) is 1.60. The van der Waals surface area contributed by atoms with Crippen molar-refractivity contribution in [2.45, 2.75) is 26.6 Å². The quantitative estimate of drug-likeness (QED) is 0.311. The van der Waals surface area contributed by atoms with E-state index >= 15 is 0 Å². The second-order valence-corrected chi connectivity index (χ2v) is 5.96. The number of aryl methyl sites for hydroxylation is 1. The Bertz CT molecular complexity index is 820. The average Bonchev–Trinajstić information content (AvgIpc) is 2.68. The zero-order chi connectivity index (χ0) is 20.5. The molecule has 0 amide bonds. The van der Waals surface area contributed by atoms with Gasteiger partial charge < -0.3 is 24.8 Å². The lowest BCUT2D eigenvalue weighted by molar-refractivity contribution is -0.0512. The first-order chi connectivity index (χ1) is 13.5. The molecule has 2 aromatic carbocycles. The third-order valence-corrected chi connectivity index (χ3v) is 4.02. The van der Waals surface area contributed by atoms with Gasteiger partial charge in [-0.3, -0.25) is 4.99 Å². The van der Waals surface area contributed by atoms with Gasteiger partial charge in [0, 0.05) is 25.7 Å². The molecular weight excluding hydrogens is 495 g/mol. The van der Waals surface area contributed by atoms with E-state index in [0.29, 0.717) is 19.0 Å². The lowest BCUT2D eigenvalue weighted by atomic mass is 10.1. The van der Waals surface area contributed by atoms with E-state index in [1.807, 2.05) is 25.1 Å². The molecule has 0 heterocycles. The van der Waals surface area contributed by atoms with Crippen molar-refractivity contribution in [3.05, 3.63) is 53.1 Å². The van der Waals surface area contributed by atoms with Crippen LogP contribution in [0, 0.1) is 6.92 Å². The number of benzene rings is 2. The smallest absolute Gasteiger partial charge is 0.387 e. The Kier molecular flexibility index (Phi) is 10.5. The van der Waals surface area contributed by atoms with Gasteiger partial charge in [0.1, 0.15) is 5.75 Å². The molecule has 2 rings (SSSR count). The Balaban J connectivity index is 0.00000420. The molecule has 2 aromatic rings. The summed E-state index contributed by atoms with van der Waals surface area (Å²) in [5, 5.41) is 6.34. The van der Waals surface area contributed by atoms with Crippen LogP contribution >= 0.6 is 24.0 Å². The summed E-state index contributed by atoms with van der Waals surface area (Å²) in [5.41, 5.74) is 2.85. The highest BCUT2D eigenvalue weighted by atomic mass is 127. The number of ether oxygens (including phenoxy) is 3. The van der Waals surface area contributed by atoms with Gasteiger partial charge in [-0.15, -0.1) is 24.0 Å². The fourth-order valence-electron chi connectivity index (χ4n) is 2.60. The maximum Gasteiger partial charge on any atom is 0.387 e. The first-order valence-corrected chi connectivity index (χ1v) is 8.66. The molecule has 0 fully saturated rings. The van der Waals surface area contributed by atoms with Gasteiger partial charge in [-0.1, -0.05) is 18.2 Å². The molecule has 2 N–H and O–H groups in total. The molecule has 0 aliphatic heterocycles. The third kappa shape index (κ3) is 7.56. The van der Waals surface area contributed by atoms with Crippen molar-refractivity contribution in [3.8, 4) is 17.2 Å². The molecule has 29 heavy (non-hydrogen) atoms. The number of aliphatic imine (C=N–C) groups is 1. The molecule has 0 aliphatic carbocycles. The number of hydrogen-bond donors (Lipinski definition) is 2. The van der Waals surface area contributed by atoms with Crippen LogP contribution in [0.15, 0.2) is 41.4 Å². The molecule has 0 unspecified atom stereocenters. The van der Waals surface area contributed by atoms with Crippen molar-refractivity contribution >= 4 is 29.9 Å². The molecule has 160 valence electrons. The predicted octanol–water partition coefficient (Wildman–Crippen LogP) is 4.10. The van der Waals surface area contributed by atoms with Gasteiger partial charge in [0.2, 0.25) is 0 Å². The number of nitrogens with one attached hydrogen (secondary N) is 2. The summed E-state index contributed by atoms with van der Waals surface area (Å²) < 4.78 is 40.1. The van der Waals surface area contributed by atoms with Crippen LogP contribution in [0.1, 0.15) is 16.7 Å². The first-order valence-electron chi connectivity index (χ1n) is 8.66. The molecule has 0 saturated carbocycles. The van der Waals surface area contributed by atoms with Crippen LogP contribution < -0.4 is 24.8 Å². The summed E-state index contributed by atoms with van der Waals surface area (Å²) >= 11 is 0. The van der Waals surface area contributed by atoms with E-state index in [-0.39, 0.29) is 35.5 Å². The molecule has 0 radical (unpaired) electrons. The Morgan fingerprint density at radius 1 is 0.966 bits per heavy atom. The highest BCUT2D eigenvalue weighted by molar-refractivity contribution is 14.0. The fraction of sp³-hybridized carbons (Fsp3) is 0.350. The molecule has 0 aliphatic rings. The third-order valence-electron chi connectivity index (χ3n) is 4.02. The maximum absolute atomic E-state index is 12.6. The second-order valence-electron chi connectivity index (χ2n) is 5.96. The fourth-order valence-corrected chi connectivity index (χ4v) is 2.60. The topological polar surface area (TPSA) is 64.1 Å². The van der Waals surface area contributed by atoms with Gasteiger partial charge in [0.25, 0.3) is 0 Å².